The Bertz CT molecular complexity index is 763. The van der Waals surface area contributed by atoms with Gasteiger partial charge in [-0.15, -0.1) is 11.8 Å². The summed E-state index contributed by atoms with van der Waals surface area (Å²) in [7, 11) is 2.13. The molecule has 126 valence electrons. The summed E-state index contributed by atoms with van der Waals surface area (Å²) in [5.41, 5.74) is 4.31. The van der Waals surface area contributed by atoms with Gasteiger partial charge in [0.05, 0.1) is 10.6 Å². The quantitative estimate of drug-likeness (QED) is 0.821. The van der Waals surface area contributed by atoms with E-state index in [4.69, 9.17) is 11.6 Å². The molecule has 1 amide bonds. The van der Waals surface area contributed by atoms with Crippen LogP contribution in [0, 0.1) is 0 Å². The molecule has 0 aliphatic carbocycles. The Balaban J connectivity index is 1.71. The topological polar surface area (TPSA) is 32.3 Å². The number of carbonyl (C=O) groups is 1. The molecule has 2 aromatic carbocycles. The lowest BCUT2D eigenvalue weighted by Gasteiger charge is -2.27. The van der Waals surface area contributed by atoms with E-state index in [1.165, 1.54) is 17.7 Å². The fraction of sp³-hybridized carbons (Fsp3) is 0.316. The standard InChI is InChI=1S/C19H21ClN2OS/c1-22-9-3-4-14-10-13(5-8-18(14)22)12-21-19(23)16-11-15(24-2)6-7-17(16)20/h5-8,10-11H,3-4,9,12H2,1-2H3,(H,21,23). The highest BCUT2D eigenvalue weighted by Crippen LogP contribution is 2.27. The second-order valence-electron chi connectivity index (χ2n) is 6.02. The molecule has 3 nitrogen and oxygen atoms in total. The molecule has 2 aromatic rings. The predicted octanol–water partition coefficient (Wildman–Crippen LogP) is 4.37. The highest BCUT2D eigenvalue weighted by molar-refractivity contribution is 7.98. The summed E-state index contributed by atoms with van der Waals surface area (Å²) in [5, 5.41) is 3.46. The van der Waals surface area contributed by atoms with Gasteiger partial charge in [-0.3, -0.25) is 4.79 Å². The number of thioether (sulfide) groups is 1. The van der Waals surface area contributed by atoms with Gasteiger partial charge in [0, 0.05) is 30.7 Å². The first-order valence-electron chi connectivity index (χ1n) is 8.03. The van der Waals surface area contributed by atoms with E-state index in [0.717, 1.165) is 23.4 Å². The van der Waals surface area contributed by atoms with Crippen LogP contribution in [0.3, 0.4) is 0 Å². The van der Waals surface area contributed by atoms with Crippen LogP contribution in [0.5, 0.6) is 0 Å². The third-order valence-electron chi connectivity index (χ3n) is 4.37. The van der Waals surface area contributed by atoms with Crippen molar-refractivity contribution in [2.45, 2.75) is 24.3 Å². The minimum atomic E-state index is -0.134. The van der Waals surface area contributed by atoms with Crippen molar-refractivity contribution in [2.24, 2.45) is 0 Å². The molecular weight excluding hydrogens is 340 g/mol. The monoisotopic (exact) mass is 360 g/mol. The third-order valence-corrected chi connectivity index (χ3v) is 5.42. The largest absolute Gasteiger partial charge is 0.374 e. The minimum absolute atomic E-state index is 0.134. The zero-order chi connectivity index (χ0) is 17.1. The van der Waals surface area contributed by atoms with Crippen LogP contribution in [0.2, 0.25) is 5.02 Å². The van der Waals surface area contributed by atoms with E-state index in [-0.39, 0.29) is 5.91 Å². The number of fused-ring (bicyclic) bond motifs is 1. The van der Waals surface area contributed by atoms with Gasteiger partial charge in [0.1, 0.15) is 0 Å². The van der Waals surface area contributed by atoms with Crippen LogP contribution in [0.15, 0.2) is 41.3 Å². The number of amides is 1. The average Bonchev–Trinajstić information content (AvgIpc) is 2.60. The van der Waals surface area contributed by atoms with Crippen molar-refractivity contribution < 1.29 is 4.79 Å². The number of halogens is 1. The number of hydrogen-bond acceptors (Lipinski definition) is 3. The molecule has 24 heavy (non-hydrogen) atoms. The predicted molar refractivity (Wildman–Crippen MR) is 102 cm³/mol. The first-order valence-corrected chi connectivity index (χ1v) is 9.63. The van der Waals surface area contributed by atoms with Gasteiger partial charge in [0.25, 0.3) is 5.91 Å². The van der Waals surface area contributed by atoms with Crippen molar-refractivity contribution >= 4 is 35.0 Å². The number of rotatable bonds is 4. The second kappa shape index (κ2) is 7.49. The van der Waals surface area contributed by atoms with Gasteiger partial charge >= 0.3 is 0 Å². The fourth-order valence-electron chi connectivity index (χ4n) is 3.03. The molecule has 0 saturated carbocycles. The summed E-state index contributed by atoms with van der Waals surface area (Å²) in [5.74, 6) is -0.134. The van der Waals surface area contributed by atoms with Crippen LogP contribution in [0.1, 0.15) is 27.9 Å². The van der Waals surface area contributed by atoms with Gasteiger partial charge in [0.15, 0.2) is 0 Å². The molecule has 0 fully saturated rings. The van der Waals surface area contributed by atoms with Crippen molar-refractivity contribution in [3.63, 3.8) is 0 Å². The molecule has 0 atom stereocenters. The molecule has 0 bridgehead atoms. The zero-order valence-corrected chi connectivity index (χ0v) is 15.5. The average molecular weight is 361 g/mol. The first-order chi connectivity index (χ1) is 11.6. The normalized spacial score (nSPS) is 13.5. The Morgan fingerprint density at radius 2 is 2.12 bits per heavy atom. The Morgan fingerprint density at radius 1 is 1.29 bits per heavy atom. The van der Waals surface area contributed by atoms with E-state index in [1.807, 2.05) is 18.4 Å². The lowest BCUT2D eigenvalue weighted by atomic mass is 9.99. The Hall–Kier alpha value is -1.65. The van der Waals surface area contributed by atoms with Crippen LogP contribution < -0.4 is 10.2 Å². The smallest absolute Gasteiger partial charge is 0.253 e. The van der Waals surface area contributed by atoms with E-state index in [2.05, 4.69) is 35.5 Å². The number of hydrogen-bond donors (Lipinski definition) is 1. The maximum absolute atomic E-state index is 12.4. The van der Waals surface area contributed by atoms with E-state index in [1.54, 1.807) is 17.8 Å². The number of benzene rings is 2. The van der Waals surface area contributed by atoms with Crippen LogP contribution in [0.4, 0.5) is 5.69 Å². The van der Waals surface area contributed by atoms with E-state index >= 15 is 0 Å². The lowest BCUT2D eigenvalue weighted by Crippen LogP contribution is -2.26. The van der Waals surface area contributed by atoms with Gasteiger partial charge in [0.2, 0.25) is 0 Å². The number of aryl methyl sites for hydroxylation is 1. The Morgan fingerprint density at radius 3 is 2.92 bits per heavy atom. The summed E-state index contributed by atoms with van der Waals surface area (Å²) >= 11 is 7.76. The third kappa shape index (κ3) is 3.70. The molecule has 0 radical (unpaired) electrons. The molecule has 1 aliphatic rings. The van der Waals surface area contributed by atoms with Crippen molar-refractivity contribution in [3.05, 3.63) is 58.1 Å². The van der Waals surface area contributed by atoms with Gasteiger partial charge in [-0.25, -0.2) is 0 Å². The maximum atomic E-state index is 12.4. The van der Waals surface area contributed by atoms with E-state index in [0.29, 0.717) is 17.1 Å². The summed E-state index contributed by atoms with van der Waals surface area (Å²) in [6.07, 6.45) is 4.26. The summed E-state index contributed by atoms with van der Waals surface area (Å²) in [6.45, 7) is 1.61. The zero-order valence-electron chi connectivity index (χ0n) is 13.9. The number of anilines is 1. The van der Waals surface area contributed by atoms with Crippen molar-refractivity contribution in [3.8, 4) is 0 Å². The minimum Gasteiger partial charge on any atom is -0.374 e. The lowest BCUT2D eigenvalue weighted by molar-refractivity contribution is 0.0951. The first kappa shape index (κ1) is 17.2. The Labute approximate surface area is 152 Å². The molecule has 5 heteroatoms. The molecule has 1 heterocycles. The number of carbonyl (C=O) groups excluding carboxylic acids is 1. The molecule has 1 N–H and O–H groups in total. The molecule has 0 aromatic heterocycles. The van der Waals surface area contributed by atoms with Crippen LogP contribution in [0.25, 0.3) is 0 Å². The molecule has 1 aliphatic heterocycles. The molecule has 3 rings (SSSR count). The van der Waals surface area contributed by atoms with Crippen molar-refractivity contribution in [1.29, 1.82) is 0 Å². The molecule has 0 unspecified atom stereocenters. The van der Waals surface area contributed by atoms with Crippen molar-refractivity contribution in [2.75, 3.05) is 24.7 Å². The van der Waals surface area contributed by atoms with Crippen LogP contribution in [-0.2, 0) is 13.0 Å². The summed E-state index contributed by atoms with van der Waals surface area (Å²) in [6, 6.07) is 12.0. The highest BCUT2D eigenvalue weighted by atomic mass is 35.5. The highest BCUT2D eigenvalue weighted by Gasteiger charge is 2.15. The van der Waals surface area contributed by atoms with E-state index < -0.39 is 0 Å². The summed E-state index contributed by atoms with van der Waals surface area (Å²) in [4.78, 5) is 15.8. The van der Waals surface area contributed by atoms with Gasteiger partial charge < -0.3 is 10.2 Å². The fourth-order valence-corrected chi connectivity index (χ4v) is 3.67. The van der Waals surface area contributed by atoms with Gasteiger partial charge in [-0.05, 0) is 54.5 Å². The van der Waals surface area contributed by atoms with Crippen LogP contribution in [-0.4, -0.2) is 25.8 Å². The van der Waals surface area contributed by atoms with Gasteiger partial charge in [-0.2, -0.15) is 0 Å². The SMILES string of the molecule is CSc1ccc(Cl)c(C(=O)NCc2ccc3c(c2)CCCN3C)c1. The van der Waals surface area contributed by atoms with Gasteiger partial charge in [-0.1, -0.05) is 23.7 Å². The molecular formula is C19H21ClN2OS. The molecule has 0 spiro atoms. The maximum Gasteiger partial charge on any atom is 0.253 e. The summed E-state index contributed by atoms with van der Waals surface area (Å²) < 4.78 is 0. The Kier molecular flexibility index (Phi) is 5.36. The number of nitrogens with one attached hydrogen (secondary N) is 1. The second-order valence-corrected chi connectivity index (χ2v) is 7.30. The van der Waals surface area contributed by atoms with E-state index in [9.17, 15) is 4.79 Å². The molecule has 0 saturated heterocycles. The number of nitrogens with zero attached hydrogens (tertiary/aromatic N) is 1. The van der Waals surface area contributed by atoms with Crippen LogP contribution >= 0.6 is 23.4 Å². The van der Waals surface area contributed by atoms with Crippen molar-refractivity contribution in [1.82, 2.24) is 5.32 Å².